The van der Waals surface area contributed by atoms with Crippen LogP contribution in [0.4, 0.5) is 4.79 Å². The van der Waals surface area contributed by atoms with Crippen molar-refractivity contribution in [3.63, 3.8) is 0 Å². The fourth-order valence-corrected chi connectivity index (χ4v) is 1.99. The Morgan fingerprint density at radius 2 is 1.88 bits per heavy atom. The van der Waals surface area contributed by atoms with Gasteiger partial charge in [-0.1, -0.05) is 6.07 Å². The van der Waals surface area contributed by atoms with E-state index in [0.717, 1.165) is 5.56 Å². The summed E-state index contributed by atoms with van der Waals surface area (Å²) < 4.78 is 15.7. The van der Waals surface area contributed by atoms with E-state index >= 15 is 0 Å². The van der Waals surface area contributed by atoms with Gasteiger partial charge in [0, 0.05) is 20.1 Å². The molecular formula is C18H30N4O4. The van der Waals surface area contributed by atoms with Crippen LogP contribution in [-0.2, 0) is 11.3 Å². The molecule has 0 radical (unpaired) electrons. The predicted molar refractivity (Wildman–Crippen MR) is 102 cm³/mol. The quantitative estimate of drug-likeness (QED) is 0.565. The number of aliphatic imine (C=N–C) groups is 1. The first-order chi connectivity index (χ1) is 12.2. The molecule has 8 heteroatoms. The molecule has 26 heavy (non-hydrogen) atoms. The molecule has 0 bridgehead atoms. The van der Waals surface area contributed by atoms with Crippen LogP contribution >= 0.6 is 0 Å². The van der Waals surface area contributed by atoms with E-state index < -0.39 is 5.60 Å². The lowest BCUT2D eigenvalue weighted by atomic mass is 10.2. The molecule has 0 aliphatic carbocycles. The number of methoxy groups -OCH3 is 2. The Kier molecular flexibility index (Phi) is 8.02. The molecule has 0 saturated carbocycles. The topological polar surface area (TPSA) is 98.4 Å². The van der Waals surface area contributed by atoms with Crippen molar-refractivity contribution >= 4 is 12.1 Å². The summed E-state index contributed by atoms with van der Waals surface area (Å²) in [6, 6.07) is 5.57. The van der Waals surface area contributed by atoms with E-state index in [9.17, 15) is 4.79 Å². The van der Waals surface area contributed by atoms with Crippen molar-refractivity contribution in [3.8, 4) is 11.5 Å². The van der Waals surface area contributed by atoms with Crippen LogP contribution in [0.2, 0.25) is 0 Å². The Morgan fingerprint density at radius 3 is 2.46 bits per heavy atom. The van der Waals surface area contributed by atoms with E-state index in [1.807, 2.05) is 39.0 Å². The first-order valence-corrected chi connectivity index (χ1v) is 8.35. The Hall–Kier alpha value is -2.64. The molecule has 0 spiro atoms. The molecule has 3 N–H and O–H groups in total. The fraction of sp³-hybridized carbons (Fsp3) is 0.556. The number of likely N-dealkylation sites (N-methyl/N-ethyl adjacent to an activating group) is 1. The second-order valence-electron chi connectivity index (χ2n) is 6.72. The second-order valence-corrected chi connectivity index (χ2v) is 6.72. The highest BCUT2D eigenvalue weighted by Gasteiger charge is 2.19. The maximum Gasteiger partial charge on any atom is 0.410 e. The lowest BCUT2D eigenvalue weighted by Crippen LogP contribution is -2.41. The lowest BCUT2D eigenvalue weighted by molar-refractivity contribution is 0.0302. The summed E-state index contributed by atoms with van der Waals surface area (Å²) in [5.41, 5.74) is 6.29. The summed E-state index contributed by atoms with van der Waals surface area (Å²) >= 11 is 0. The normalized spacial score (nSPS) is 11.7. The van der Waals surface area contributed by atoms with Crippen LogP contribution in [-0.4, -0.2) is 56.9 Å². The highest BCUT2D eigenvalue weighted by molar-refractivity contribution is 5.77. The van der Waals surface area contributed by atoms with Crippen molar-refractivity contribution in [2.24, 2.45) is 10.7 Å². The third kappa shape index (κ3) is 7.50. The van der Waals surface area contributed by atoms with E-state index in [-0.39, 0.29) is 6.09 Å². The molecule has 1 amide bonds. The molecule has 0 unspecified atom stereocenters. The maximum atomic E-state index is 11.9. The lowest BCUT2D eigenvalue weighted by Gasteiger charge is -2.24. The number of ether oxygens (including phenoxy) is 3. The molecule has 0 atom stereocenters. The molecule has 1 aromatic carbocycles. The van der Waals surface area contributed by atoms with Crippen molar-refractivity contribution in [3.05, 3.63) is 23.8 Å². The van der Waals surface area contributed by atoms with Gasteiger partial charge in [-0.2, -0.15) is 0 Å². The smallest absolute Gasteiger partial charge is 0.410 e. The summed E-state index contributed by atoms with van der Waals surface area (Å²) in [4.78, 5) is 17.6. The van der Waals surface area contributed by atoms with Crippen LogP contribution in [0.5, 0.6) is 11.5 Å². The molecular weight excluding hydrogens is 336 g/mol. The number of amides is 1. The van der Waals surface area contributed by atoms with E-state index in [4.69, 9.17) is 19.9 Å². The SMILES string of the molecule is COc1ccc(CN=C(N)NCCN(C)C(=O)OC(C)(C)C)cc1OC. The Bertz CT molecular complexity index is 626. The fourth-order valence-electron chi connectivity index (χ4n) is 1.99. The molecule has 146 valence electrons. The number of guanidine groups is 1. The third-order valence-electron chi connectivity index (χ3n) is 3.34. The number of carbonyl (C=O) groups is 1. The van der Waals surface area contributed by atoms with Gasteiger partial charge in [-0.25, -0.2) is 9.79 Å². The zero-order chi connectivity index (χ0) is 19.7. The molecule has 1 aromatic rings. The van der Waals surface area contributed by atoms with Gasteiger partial charge in [0.05, 0.1) is 20.8 Å². The van der Waals surface area contributed by atoms with Gasteiger partial charge in [-0.05, 0) is 38.5 Å². The summed E-state index contributed by atoms with van der Waals surface area (Å²) in [7, 11) is 4.85. The van der Waals surface area contributed by atoms with Gasteiger partial charge >= 0.3 is 6.09 Å². The number of rotatable bonds is 7. The van der Waals surface area contributed by atoms with Crippen LogP contribution in [0, 0.1) is 0 Å². The van der Waals surface area contributed by atoms with Crippen molar-refractivity contribution in [1.29, 1.82) is 0 Å². The van der Waals surface area contributed by atoms with E-state index in [1.165, 1.54) is 4.90 Å². The monoisotopic (exact) mass is 366 g/mol. The van der Waals surface area contributed by atoms with E-state index in [1.54, 1.807) is 21.3 Å². The van der Waals surface area contributed by atoms with Crippen molar-refractivity contribution in [1.82, 2.24) is 10.2 Å². The number of nitrogens with one attached hydrogen (secondary N) is 1. The van der Waals surface area contributed by atoms with Gasteiger partial charge in [0.25, 0.3) is 0 Å². The van der Waals surface area contributed by atoms with E-state index in [0.29, 0.717) is 37.1 Å². The Labute approximate surface area is 155 Å². The number of nitrogens with zero attached hydrogens (tertiary/aromatic N) is 2. The van der Waals surface area contributed by atoms with Gasteiger partial charge < -0.3 is 30.2 Å². The summed E-state index contributed by atoms with van der Waals surface area (Å²) in [6.07, 6.45) is -0.375. The van der Waals surface area contributed by atoms with Crippen molar-refractivity contribution in [2.75, 3.05) is 34.4 Å². The second kappa shape index (κ2) is 9.74. The van der Waals surface area contributed by atoms with Crippen LogP contribution in [0.25, 0.3) is 0 Å². The van der Waals surface area contributed by atoms with Crippen LogP contribution in [0.3, 0.4) is 0 Å². The highest BCUT2D eigenvalue weighted by atomic mass is 16.6. The maximum absolute atomic E-state index is 11.9. The zero-order valence-electron chi connectivity index (χ0n) is 16.5. The predicted octanol–water partition coefficient (Wildman–Crippen LogP) is 1.98. The average Bonchev–Trinajstić information content (AvgIpc) is 2.57. The molecule has 8 nitrogen and oxygen atoms in total. The molecule has 0 aromatic heterocycles. The minimum Gasteiger partial charge on any atom is -0.493 e. The molecule has 0 saturated heterocycles. The minimum absolute atomic E-state index is 0.303. The van der Waals surface area contributed by atoms with Crippen LogP contribution < -0.4 is 20.5 Å². The number of benzene rings is 1. The average molecular weight is 366 g/mol. The molecule has 1 rings (SSSR count). The standard InChI is InChI=1S/C18H30N4O4/c1-18(2,3)26-17(23)22(4)10-9-20-16(19)21-12-13-7-8-14(24-5)15(11-13)25-6/h7-8,11H,9-10,12H2,1-6H3,(H3,19,20,21). The third-order valence-corrected chi connectivity index (χ3v) is 3.34. The first kappa shape index (κ1) is 21.4. The number of hydrogen-bond donors (Lipinski definition) is 2. The minimum atomic E-state index is -0.515. The Morgan fingerprint density at radius 1 is 1.23 bits per heavy atom. The molecule has 0 aliphatic heterocycles. The summed E-state index contributed by atoms with van der Waals surface area (Å²) in [5.74, 6) is 1.61. The summed E-state index contributed by atoms with van der Waals surface area (Å²) in [5, 5.41) is 2.98. The summed E-state index contributed by atoms with van der Waals surface area (Å²) in [6.45, 7) is 6.81. The van der Waals surface area contributed by atoms with Crippen LogP contribution in [0.15, 0.2) is 23.2 Å². The van der Waals surface area contributed by atoms with Gasteiger partial charge in [0.15, 0.2) is 17.5 Å². The van der Waals surface area contributed by atoms with Gasteiger partial charge in [-0.15, -0.1) is 0 Å². The van der Waals surface area contributed by atoms with Gasteiger partial charge in [0.2, 0.25) is 0 Å². The largest absolute Gasteiger partial charge is 0.493 e. The Balaban J connectivity index is 2.46. The molecule has 0 fully saturated rings. The molecule has 0 heterocycles. The van der Waals surface area contributed by atoms with Crippen molar-refractivity contribution in [2.45, 2.75) is 32.9 Å². The number of nitrogens with two attached hydrogens (primary N) is 1. The molecule has 0 aliphatic rings. The highest BCUT2D eigenvalue weighted by Crippen LogP contribution is 2.27. The van der Waals surface area contributed by atoms with Crippen LogP contribution in [0.1, 0.15) is 26.3 Å². The zero-order valence-corrected chi connectivity index (χ0v) is 16.5. The van der Waals surface area contributed by atoms with Crippen molar-refractivity contribution < 1.29 is 19.0 Å². The number of hydrogen-bond acceptors (Lipinski definition) is 5. The van der Waals surface area contributed by atoms with Gasteiger partial charge in [0.1, 0.15) is 5.60 Å². The van der Waals surface area contributed by atoms with E-state index in [2.05, 4.69) is 10.3 Å². The first-order valence-electron chi connectivity index (χ1n) is 8.35. The number of carbonyl (C=O) groups excluding carboxylic acids is 1. The van der Waals surface area contributed by atoms with Gasteiger partial charge in [-0.3, -0.25) is 0 Å².